The minimum Gasteiger partial charge on any atom is -0.310 e. The van der Waals surface area contributed by atoms with Crippen LogP contribution in [0.2, 0.25) is 0 Å². The molecule has 0 saturated carbocycles. The van der Waals surface area contributed by atoms with Crippen LogP contribution in [0.3, 0.4) is 0 Å². The zero-order chi connectivity index (χ0) is 10.7. The fraction of sp³-hybridized carbons (Fsp3) is 0.500. The smallest absolute Gasteiger partial charge is 0.0320 e. The largest absolute Gasteiger partial charge is 0.310 e. The van der Waals surface area contributed by atoms with Crippen LogP contribution in [0.4, 0.5) is 0 Å². The molecule has 2 rings (SSSR count). The number of nitrogens with one attached hydrogen (secondary N) is 1. The highest BCUT2D eigenvalue weighted by Gasteiger charge is 2.15. The van der Waals surface area contributed by atoms with Crippen molar-refractivity contribution in [2.75, 3.05) is 12.8 Å². The van der Waals surface area contributed by atoms with Gasteiger partial charge in [-0.1, -0.05) is 12.5 Å². The first-order valence-electron chi connectivity index (χ1n) is 5.38. The van der Waals surface area contributed by atoms with Crippen molar-refractivity contribution in [3.8, 4) is 0 Å². The molecule has 1 aliphatic rings. The predicted octanol–water partition coefficient (Wildman–Crippen LogP) is 3.99. The van der Waals surface area contributed by atoms with Gasteiger partial charge in [-0.2, -0.15) is 0 Å². The Balaban J connectivity index is 2.17. The standard InChI is InChI=1S/C12H16BrNS/c1-15-12-6-5-9(8-10(12)13)11-4-2-3-7-14-11/h5-6,8,11,14H,2-4,7H2,1H3. The molecule has 15 heavy (non-hydrogen) atoms. The van der Waals surface area contributed by atoms with Gasteiger partial charge in [0.1, 0.15) is 0 Å². The van der Waals surface area contributed by atoms with Crippen molar-refractivity contribution < 1.29 is 0 Å². The molecular weight excluding hydrogens is 270 g/mol. The Morgan fingerprint density at radius 2 is 2.27 bits per heavy atom. The van der Waals surface area contributed by atoms with Gasteiger partial charge in [0.2, 0.25) is 0 Å². The molecule has 0 amide bonds. The summed E-state index contributed by atoms with van der Waals surface area (Å²) < 4.78 is 1.22. The molecule has 0 aromatic heterocycles. The second kappa shape index (κ2) is 5.37. The minimum atomic E-state index is 0.561. The van der Waals surface area contributed by atoms with E-state index in [2.05, 4.69) is 45.7 Å². The van der Waals surface area contributed by atoms with E-state index in [0.717, 1.165) is 6.54 Å². The number of hydrogen-bond donors (Lipinski definition) is 1. The lowest BCUT2D eigenvalue weighted by Crippen LogP contribution is -2.26. The Labute approximate surface area is 104 Å². The maximum absolute atomic E-state index is 3.63. The van der Waals surface area contributed by atoms with Crippen molar-refractivity contribution in [2.24, 2.45) is 0 Å². The topological polar surface area (TPSA) is 12.0 Å². The van der Waals surface area contributed by atoms with Crippen molar-refractivity contribution >= 4 is 27.7 Å². The molecule has 1 heterocycles. The normalized spacial score (nSPS) is 21.6. The van der Waals surface area contributed by atoms with Crippen molar-refractivity contribution in [3.63, 3.8) is 0 Å². The average Bonchev–Trinajstić information content (AvgIpc) is 2.30. The lowest BCUT2D eigenvalue weighted by atomic mass is 9.98. The van der Waals surface area contributed by atoms with E-state index in [9.17, 15) is 0 Å². The predicted molar refractivity (Wildman–Crippen MR) is 70.5 cm³/mol. The van der Waals surface area contributed by atoms with Crippen molar-refractivity contribution in [2.45, 2.75) is 30.2 Å². The quantitative estimate of drug-likeness (QED) is 0.825. The van der Waals surface area contributed by atoms with Gasteiger partial charge in [-0.05, 0) is 59.3 Å². The van der Waals surface area contributed by atoms with Crippen LogP contribution in [0.5, 0.6) is 0 Å². The van der Waals surface area contributed by atoms with Gasteiger partial charge >= 0.3 is 0 Å². The Bertz CT molecular complexity index is 334. The lowest BCUT2D eigenvalue weighted by Gasteiger charge is -2.24. The number of benzene rings is 1. The molecule has 1 N–H and O–H groups in total. The Morgan fingerprint density at radius 1 is 1.40 bits per heavy atom. The third-order valence-corrected chi connectivity index (χ3v) is 4.60. The Morgan fingerprint density at radius 3 is 2.87 bits per heavy atom. The van der Waals surface area contributed by atoms with Crippen LogP contribution in [-0.4, -0.2) is 12.8 Å². The summed E-state index contributed by atoms with van der Waals surface area (Å²) >= 11 is 5.41. The molecule has 1 aromatic carbocycles. The molecule has 1 aliphatic heterocycles. The van der Waals surface area contributed by atoms with E-state index in [1.54, 1.807) is 11.8 Å². The molecular formula is C12H16BrNS. The number of halogens is 1. The molecule has 1 unspecified atom stereocenters. The van der Waals surface area contributed by atoms with Gasteiger partial charge in [0.25, 0.3) is 0 Å². The van der Waals surface area contributed by atoms with Crippen LogP contribution < -0.4 is 5.32 Å². The molecule has 0 radical (unpaired) electrons. The van der Waals surface area contributed by atoms with E-state index < -0.39 is 0 Å². The summed E-state index contributed by atoms with van der Waals surface area (Å²) in [5.74, 6) is 0. The first-order valence-corrected chi connectivity index (χ1v) is 7.40. The van der Waals surface area contributed by atoms with Crippen molar-refractivity contribution in [1.82, 2.24) is 5.32 Å². The third-order valence-electron chi connectivity index (χ3n) is 2.89. The summed E-state index contributed by atoms with van der Waals surface area (Å²) in [5, 5.41) is 3.57. The lowest BCUT2D eigenvalue weighted by molar-refractivity contribution is 0.412. The highest BCUT2D eigenvalue weighted by Crippen LogP contribution is 2.30. The average molecular weight is 286 g/mol. The summed E-state index contributed by atoms with van der Waals surface area (Å²) in [6.45, 7) is 1.16. The van der Waals surface area contributed by atoms with Gasteiger partial charge in [-0.15, -0.1) is 11.8 Å². The summed E-state index contributed by atoms with van der Waals surface area (Å²) in [5.41, 5.74) is 1.42. The molecule has 82 valence electrons. The molecule has 0 aliphatic carbocycles. The van der Waals surface area contributed by atoms with E-state index in [4.69, 9.17) is 0 Å². The van der Waals surface area contributed by atoms with Gasteiger partial charge in [0, 0.05) is 15.4 Å². The molecule has 3 heteroatoms. The highest BCUT2D eigenvalue weighted by molar-refractivity contribution is 9.10. The number of piperidine rings is 1. The maximum atomic E-state index is 3.63. The molecule has 1 saturated heterocycles. The molecule has 1 fully saturated rings. The van der Waals surface area contributed by atoms with Crippen LogP contribution in [0.25, 0.3) is 0 Å². The van der Waals surface area contributed by atoms with Gasteiger partial charge in [-0.25, -0.2) is 0 Å². The van der Waals surface area contributed by atoms with E-state index in [-0.39, 0.29) is 0 Å². The van der Waals surface area contributed by atoms with Crippen molar-refractivity contribution in [1.29, 1.82) is 0 Å². The highest BCUT2D eigenvalue weighted by atomic mass is 79.9. The molecule has 1 nitrogen and oxygen atoms in total. The Hall–Kier alpha value is 0.01000. The van der Waals surface area contributed by atoms with Crippen LogP contribution in [0.15, 0.2) is 27.6 Å². The molecule has 1 aromatic rings. The van der Waals surface area contributed by atoms with Gasteiger partial charge in [-0.3, -0.25) is 0 Å². The van der Waals surface area contributed by atoms with Gasteiger partial charge < -0.3 is 5.32 Å². The fourth-order valence-electron chi connectivity index (χ4n) is 2.04. The van der Waals surface area contributed by atoms with Crippen LogP contribution in [-0.2, 0) is 0 Å². The summed E-state index contributed by atoms with van der Waals surface area (Å²) in [6, 6.07) is 7.28. The van der Waals surface area contributed by atoms with Gasteiger partial charge in [0.05, 0.1) is 0 Å². The van der Waals surface area contributed by atoms with Crippen LogP contribution >= 0.6 is 27.7 Å². The van der Waals surface area contributed by atoms with E-state index in [1.807, 2.05) is 0 Å². The first kappa shape index (κ1) is 11.5. The Kier molecular flexibility index (Phi) is 4.12. The SMILES string of the molecule is CSc1ccc(C2CCCCN2)cc1Br. The number of thioether (sulfide) groups is 1. The molecule has 0 bridgehead atoms. The van der Waals surface area contributed by atoms with Crippen molar-refractivity contribution in [3.05, 3.63) is 28.2 Å². The van der Waals surface area contributed by atoms with E-state index in [1.165, 1.54) is 34.2 Å². The summed E-state index contributed by atoms with van der Waals surface area (Å²) in [7, 11) is 0. The number of rotatable bonds is 2. The first-order chi connectivity index (χ1) is 7.31. The third kappa shape index (κ3) is 2.77. The van der Waals surface area contributed by atoms with E-state index >= 15 is 0 Å². The zero-order valence-corrected chi connectivity index (χ0v) is 11.3. The minimum absolute atomic E-state index is 0.561. The monoisotopic (exact) mass is 285 g/mol. The summed E-state index contributed by atoms with van der Waals surface area (Å²) in [4.78, 5) is 1.31. The zero-order valence-electron chi connectivity index (χ0n) is 8.92. The van der Waals surface area contributed by atoms with Crippen LogP contribution in [0, 0.1) is 0 Å². The van der Waals surface area contributed by atoms with Crippen LogP contribution in [0.1, 0.15) is 30.9 Å². The number of hydrogen-bond acceptors (Lipinski definition) is 2. The summed E-state index contributed by atoms with van der Waals surface area (Å²) in [6.07, 6.45) is 6.05. The maximum Gasteiger partial charge on any atom is 0.0320 e. The second-order valence-electron chi connectivity index (χ2n) is 3.90. The molecule has 1 atom stereocenters. The second-order valence-corrected chi connectivity index (χ2v) is 5.60. The van der Waals surface area contributed by atoms with Gasteiger partial charge in [0.15, 0.2) is 0 Å². The fourth-order valence-corrected chi connectivity index (χ4v) is 3.38. The molecule has 0 spiro atoms. The van der Waals surface area contributed by atoms with E-state index in [0.29, 0.717) is 6.04 Å².